The molecule has 0 saturated heterocycles. The fourth-order valence-electron chi connectivity index (χ4n) is 2.48. The van der Waals surface area contributed by atoms with Gasteiger partial charge in [-0.2, -0.15) is 5.26 Å². The number of esters is 1. The molecule has 2 rings (SSSR count). The van der Waals surface area contributed by atoms with Gasteiger partial charge in [0.1, 0.15) is 6.07 Å². The van der Waals surface area contributed by atoms with Gasteiger partial charge in [-0.3, -0.25) is 4.79 Å². The summed E-state index contributed by atoms with van der Waals surface area (Å²) in [6, 6.07) is 10.2. The molecule has 0 fully saturated rings. The molecule has 1 aromatic carbocycles. The van der Waals surface area contributed by atoms with Crippen LogP contribution in [-0.4, -0.2) is 17.1 Å². The zero-order valence-corrected chi connectivity index (χ0v) is 12.3. The molecular weight excluding hydrogens is 264 g/mol. The van der Waals surface area contributed by atoms with Crippen LogP contribution in [0.15, 0.2) is 30.5 Å². The quantitative estimate of drug-likeness (QED) is 0.576. The van der Waals surface area contributed by atoms with Crippen LogP contribution in [0.2, 0.25) is 0 Å². The largest absolute Gasteiger partial charge is 0.466 e. The van der Waals surface area contributed by atoms with Gasteiger partial charge in [0.15, 0.2) is 0 Å². The zero-order valence-electron chi connectivity index (χ0n) is 12.3. The second kappa shape index (κ2) is 7.49. The van der Waals surface area contributed by atoms with Gasteiger partial charge in [-0.25, -0.2) is 0 Å². The zero-order chi connectivity index (χ0) is 15.1. The summed E-state index contributed by atoms with van der Waals surface area (Å²) in [7, 11) is 0. The molecule has 0 bridgehead atoms. The second-order valence-electron chi connectivity index (χ2n) is 4.98. The van der Waals surface area contributed by atoms with Crippen LogP contribution in [0.5, 0.6) is 0 Å². The summed E-state index contributed by atoms with van der Waals surface area (Å²) in [4.78, 5) is 11.2. The molecule has 110 valence electrons. The number of nitrogens with zero attached hydrogens (tertiary/aromatic N) is 2. The minimum Gasteiger partial charge on any atom is -0.466 e. The van der Waals surface area contributed by atoms with Crippen LogP contribution in [0.1, 0.15) is 38.2 Å². The van der Waals surface area contributed by atoms with Gasteiger partial charge in [-0.15, -0.1) is 0 Å². The summed E-state index contributed by atoms with van der Waals surface area (Å²) >= 11 is 0. The van der Waals surface area contributed by atoms with E-state index in [1.165, 1.54) is 0 Å². The Morgan fingerprint density at radius 2 is 2.10 bits per heavy atom. The molecule has 21 heavy (non-hydrogen) atoms. The van der Waals surface area contributed by atoms with Crippen LogP contribution >= 0.6 is 0 Å². The van der Waals surface area contributed by atoms with Gasteiger partial charge >= 0.3 is 5.97 Å². The molecule has 1 aromatic heterocycles. The molecule has 0 aliphatic heterocycles. The number of para-hydroxylation sites is 1. The minimum absolute atomic E-state index is 0.115. The predicted octanol–water partition coefficient (Wildman–Crippen LogP) is 3.64. The molecule has 0 atom stereocenters. The van der Waals surface area contributed by atoms with Gasteiger partial charge in [0.2, 0.25) is 0 Å². The first-order valence-electron chi connectivity index (χ1n) is 7.40. The molecule has 4 nitrogen and oxygen atoms in total. The van der Waals surface area contributed by atoms with Crippen molar-refractivity contribution in [1.29, 1.82) is 5.26 Å². The molecule has 0 N–H and O–H groups in total. The van der Waals surface area contributed by atoms with E-state index in [2.05, 4.69) is 10.6 Å². The Kier molecular flexibility index (Phi) is 5.39. The van der Waals surface area contributed by atoms with E-state index in [0.29, 0.717) is 13.0 Å². The average molecular weight is 284 g/mol. The van der Waals surface area contributed by atoms with E-state index in [1.54, 1.807) is 0 Å². The van der Waals surface area contributed by atoms with Gasteiger partial charge in [-0.05, 0) is 25.8 Å². The number of ether oxygens (including phenoxy) is 1. The SMILES string of the molecule is CCOC(=O)CCCCCn1cc(C#N)c2ccccc21. The standard InChI is InChI=1S/C17H20N2O2/c1-2-21-17(20)10-4-3-7-11-19-13-14(12-18)15-8-5-6-9-16(15)19/h5-6,8-9,13H,2-4,7,10-11H2,1H3. The Hall–Kier alpha value is -2.28. The number of carbonyl (C=O) groups is 1. The molecule has 0 radical (unpaired) electrons. The molecule has 4 heteroatoms. The lowest BCUT2D eigenvalue weighted by atomic mass is 10.2. The highest BCUT2D eigenvalue weighted by atomic mass is 16.5. The first-order valence-corrected chi connectivity index (χ1v) is 7.40. The van der Waals surface area contributed by atoms with Gasteiger partial charge in [0, 0.05) is 30.1 Å². The first kappa shape index (κ1) is 15.1. The van der Waals surface area contributed by atoms with E-state index in [1.807, 2.05) is 37.4 Å². The van der Waals surface area contributed by atoms with Crippen LogP contribution < -0.4 is 0 Å². The fraction of sp³-hybridized carbons (Fsp3) is 0.412. The molecule has 0 spiro atoms. The van der Waals surface area contributed by atoms with Crippen molar-refractivity contribution < 1.29 is 9.53 Å². The normalized spacial score (nSPS) is 10.5. The lowest BCUT2D eigenvalue weighted by Crippen LogP contribution is -2.03. The molecule has 1 heterocycles. The second-order valence-corrected chi connectivity index (χ2v) is 4.98. The van der Waals surface area contributed by atoms with Crippen molar-refractivity contribution in [2.45, 2.75) is 39.2 Å². The topological polar surface area (TPSA) is 55.0 Å². The number of hydrogen-bond donors (Lipinski definition) is 0. The summed E-state index contributed by atoms with van der Waals surface area (Å²) in [6.45, 7) is 3.14. The molecule has 0 amide bonds. The number of unbranched alkanes of at least 4 members (excludes halogenated alkanes) is 2. The highest BCUT2D eigenvalue weighted by Crippen LogP contribution is 2.21. The third-order valence-corrected chi connectivity index (χ3v) is 3.49. The first-order chi connectivity index (χ1) is 10.3. The summed E-state index contributed by atoms with van der Waals surface area (Å²) in [5, 5.41) is 10.2. The number of benzene rings is 1. The fourth-order valence-corrected chi connectivity index (χ4v) is 2.48. The van der Waals surface area contributed by atoms with Crippen LogP contribution in [0, 0.1) is 11.3 Å². The highest BCUT2D eigenvalue weighted by Gasteiger charge is 2.07. The van der Waals surface area contributed by atoms with Crippen LogP contribution in [0.25, 0.3) is 10.9 Å². The minimum atomic E-state index is -0.115. The summed E-state index contributed by atoms with van der Waals surface area (Å²) < 4.78 is 7.03. The van der Waals surface area contributed by atoms with Crippen LogP contribution in [0.4, 0.5) is 0 Å². The number of rotatable bonds is 7. The van der Waals surface area contributed by atoms with Gasteiger partial charge in [0.25, 0.3) is 0 Å². The molecule has 0 aliphatic rings. The molecule has 0 aliphatic carbocycles. The van der Waals surface area contributed by atoms with Crippen LogP contribution in [-0.2, 0) is 16.1 Å². The Morgan fingerprint density at radius 1 is 1.29 bits per heavy atom. The Labute approximate surface area is 124 Å². The number of hydrogen-bond acceptors (Lipinski definition) is 3. The average Bonchev–Trinajstić information content (AvgIpc) is 2.85. The lowest BCUT2D eigenvalue weighted by Gasteiger charge is -2.05. The highest BCUT2D eigenvalue weighted by molar-refractivity contribution is 5.86. The van der Waals surface area contributed by atoms with E-state index in [4.69, 9.17) is 10.00 Å². The number of aromatic nitrogens is 1. The Balaban J connectivity index is 1.87. The molecule has 0 unspecified atom stereocenters. The van der Waals surface area contributed by atoms with Crippen molar-refractivity contribution in [3.8, 4) is 6.07 Å². The number of fused-ring (bicyclic) bond motifs is 1. The smallest absolute Gasteiger partial charge is 0.305 e. The summed E-state index contributed by atoms with van der Waals surface area (Å²) in [5.41, 5.74) is 1.82. The third kappa shape index (κ3) is 3.85. The van der Waals surface area contributed by atoms with Crippen molar-refractivity contribution in [2.75, 3.05) is 6.61 Å². The maximum atomic E-state index is 11.2. The van der Waals surface area contributed by atoms with Crippen molar-refractivity contribution >= 4 is 16.9 Å². The Morgan fingerprint density at radius 3 is 2.86 bits per heavy atom. The predicted molar refractivity (Wildman–Crippen MR) is 81.8 cm³/mol. The molecule has 2 aromatic rings. The Bertz CT molecular complexity index is 652. The van der Waals surface area contributed by atoms with E-state index < -0.39 is 0 Å². The third-order valence-electron chi connectivity index (χ3n) is 3.49. The monoisotopic (exact) mass is 284 g/mol. The van der Waals surface area contributed by atoms with Gasteiger partial charge < -0.3 is 9.30 Å². The maximum absolute atomic E-state index is 11.2. The van der Waals surface area contributed by atoms with Crippen molar-refractivity contribution in [3.05, 3.63) is 36.0 Å². The van der Waals surface area contributed by atoms with Crippen LogP contribution in [0.3, 0.4) is 0 Å². The maximum Gasteiger partial charge on any atom is 0.305 e. The summed E-state index contributed by atoms with van der Waals surface area (Å²) in [6.07, 6.45) is 5.22. The van der Waals surface area contributed by atoms with E-state index in [9.17, 15) is 4.79 Å². The number of aryl methyl sites for hydroxylation is 1. The number of carbonyl (C=O) groups excluding carboxylic acids is 1. The summed E-state index contributed by atoms with van der Waals surface area (Å²) in [5.74, 6) is -0.115. The van der Waals surface area contributed by atoms with Crippen molar-refractivity contribution in [2.24, 2.45) is 0 Å². The van der Waals surface area contributed by atoms with Gasteiger partial charge in [-0.1, -0.05) is 24.6 Å². The molecule has 0 saturated carbocycles. The van der Waals surface area contributed by atoms with Crippen molar-refractivity contribution in [3.63, 3.8) is 0 Å². The van der Waals surface area contributed by atoms with Crippen molar-refractivity contribution in [1.82, 2.24) is 4.57 Å². The van der Waals surface area contributed by atoms with E-state index in [-0.39, 0.29) is 5.97 Å². The molecular formula is C17H20N2O2. The van der Waals surface area contributed by atoms with Gasteiger partial charge in [0.05, 0.1) is 12.2 Å². The van der Waals surface area contributed by atoms with E-state index in [0.717, 1.165) is 42.3 Å². The lowest BCUT2D eigenvalue weighted by molar-refractivity contribution is -0.143. The van der Waals surface area contributed by atoms with E-state index >= 15 is 0 Å². The number of nitriles is 1.